The summed E-state index contributed by atoms with van der Waals surface area (Å²) >= 11 is 0. The van der Waals surface area contributed by atoms with Gasteiger partial charge in [0, 0.05) is 11.8 Å². The molecule has 0 atom stereocenters. The van der Waals surface area contributed by atoms with E-state index in [1.165, 1.54) is 12.3 Å². The zero-order valence-electron chi connectivity index (χ0n) is 8.21. The average molecular weight is 197 g/mol. The second-order valence-corrected chi connectivity index (χ2v) is 2.91. The summed E-state index contributed by atoms with van der Waals surface area (Å²) in [6, 6.07) is 1.26. The van der Waals surface area contributed by atoms with E-state index in [1.807, 2.05) is 0 Å². The fourth-order valence-electron chi connectivity index (χ4n) is 0.995. The maximum absolute atomic E-state index is 13.0. The number of nitrogens with zero attached hydrogens (tertiary/aromatic N) is 1. The van der Waals surface area contributed by atoms with Crippen LogP contribution in [0.4, 0.5) is 4.39 Å². The molecule has 0 bridgehead atoms. The van der Waals surface area contributed by atoms with Gasteiger partial charge < -0.3 is 4.74 Å². The molecule has 0 N–H and O–H groups in total. The first-order chi connectivity index (χ1) is 6.63. The Kier molecular flexibility index (Phi) is 3.56. The van der Waals surface area contributed by atoms with Crippen LogP contribution >= 0.6 is 0 Å². The van der Waals surface area contributed by atoms with Crippen molar-refractivity contribution in [1.82, 2.24) is 4.98 Å². The van der Waals surface area contributed by atoms with Crippen LogP contribution in [0.1, 0.15) is 18.2 Å². The molecule has 0 radical (unpaired) electrons. The molecule has 3 nitrogen and oxygen atoms in total. The quantitative estimate of drug-likeness (QED) is 0.691. The first kappa shape index (κ1) is 10.6. The standard InChI is InChI=1S/C10H12FNO2/c1-3-14-10(13)5-8-4-9(11)7(2)6-12-8/h4,6H,3,5H2,1-2H3. The molecule has 1 aromatic heterocycles. The van der Waals surface area contributed by atoms with Crippen molar-refractivity contribution < 1.29 is 13.9 Å². The number of aryl methyl sites for hydroxylation is 1. The molecule has 0 saturated carbocycles. The minimum atomic E-state index is -0.386. The summed E-state index contributed by atoms with van der Waals surface area (Å²) in [7, 11) is 0. The van der Waals surface area contributed by atoms with Crippen molar-refractivity contribution in [3.05, 3.63) is 29.3 Å². The van der Waals surface area contributed by atoms with Gasteiger partial charge in [0.1, 0.15) is 5.82 Å². The number of esters is 1. The molecule has 0 aliphatic heterocycles. The minimum Gasteiger partial charge on any atom is -0.466 e. The van der Waals surface area contributed by atoms with Crippen molar-refractivity contribution in [3.8, 4) is 0 Å². The van der Waals surface area contributed by atoms with Crippen LogP contribution in [0.3, 0.4) is 0 Å². The molecule has 0 saturated heterocycles. The molecule has 1 heterocycles. The van der Waals surface area contributed by atoms with Crippen LogP contribution in [0.5, 0.6) is 0 Å². The smallest absolute Gasteiger partial charge is 0.311 e. The van der Waals surface area contributed by atoms with E-state index in [9.17, 15) is 9.18 Å². The van der Waals surface area contributed by atoms with Crippen molar-refractivity contribution >= 4 is 5.97 Å². The molecule has 0 unspecified atom stereocenters. The van der Waals surface area contributed by atoms with Gasteiger partial charge in [-0.3, -0.25) is 9.78 Å². The van der Waals surface area contributed by atoms with E-state index in [4.69, 9.17) is 4.74 Å². The van der Waals surface area contributed by atoms with Gasteiger partial charge in [0.05, 0.1) is 18.7 Å². The van der Waals surface area contributed by atoms with Crippen molar-refractivity contribution in [2.45, 2.75) is 20.3 Å². The van der Waals surface area contributed by atoms with Crippen LogP contribution in [0, 0.1) is 12.7 Å². The van der Waals surface area contributed by atoms with E-state index in [0.717, 1.165) is 0 Å². The van der Waals surface area contributed by atoms with Crippen molar-refractivity contribution in [1.29, 1.82) is 0 Å². The Balaban J connectivity index is 2.68. The molecule has 14 heavy (non-hydrogen) atoms. The zero-order chi connectivity index (χ0) is 10.6. The summed E-state index contributed by atoms with van der Waals surface area (Å²) in [5.41, 5.74) is 0.865. The number of halogens is 1. The van der Waals surface area contributed by atoms with Crippen molar-refractivity contribution in [2.75, 3.05) is 6.61 Å². The summed E-state index contributed by atoms with van der Waals surface area (Å²) in [5, 5.41) is 0. The second-order valence-electron chi connectivity index (χ2n) is 2.91. The molecular formula is C10H12FNO2. The summed E-state index contributed by atoms with van der Waals surface area (Å²) in [6.07, 6.45) is 1.43. The largest absolute Gasteiger partial charge is 0.466 e. The van der Waals surface area contributed by atoms with Gasteiger partial charge in [-0.1, -0.05) is 0 Å². The van der Waals surface area contributed by atoms with Crippen LogP contribution in [-0.2, 0) is 16.0 Å². The molecule has 1 aromatic rings. The normalized spacial score (nSPS) is 9.93. The first-order valence-electron chi connectivity index (χ1n) is 4.40. The fourth-order valence-corrected chi connectivity index (χ4v) is 0.995. The van der Waals surface area contributed by atoms with Gasteiger partial charge >= 0.3 is 5.97 Å². The Morgan fingerprint density at radius 2 is 2.36 bits per heavy atom. The highest BCUT2D eigenvalue weighted by Crippen LogP contribution is 2.06. The molecule has 0 fully saturated rings. The SMILES string of the molecule is CCOC(=O)Cc1cc(F)c(C)cn1. The van der Waals surface area contributed by atoms with Gasteiger partial charge in [-0.15, -0.1) is 0 Å². The van der Waals surface area contributed by atoms with Gasteiger partial charge in [-0.25, -0.2) is 4.39 Å². The highest BCUT2D eigenvalue weighted by molar-refractivity contribution is 5.71. The predicted molar refractivity (Wildman–Crippen MR) is 49.3 cm³/mol. The Morgan fingerprint density at radius 1 is 1.64 bits per heavy atom. The Morgan fingerprint density at radius 3 is 2.93 bits per heavy atom. The Hall–Kier alpha value is -1.45. The maximum Gasteiger partial charge on any atom is 0.311 e. The summed E-state index contributed by atoms with van der Waals surface area (Å²) in [4.78, 5) is 14.9. The fraction of sp³-hybridized carbons (Fsp3) is 0.400. The maximum atomic E-state index is 13.0. The first-order valence-corrected chi connectivity index (χ1v) is 4.40. The van der Waals surface area contributed by atoms with Gasteiger partial charge in [0.25, 0.3) is 0 Å². The zero-order valence-corrected chi connectivity index (χ0v) is 8.21. The van der Waals surface area contributed by atoms with Gasteiger partial charge in [-0.2, -0.15) is 0 Å². The lowest BCUT2D eigenvalue weighted by Gasteiger charge is -2.02. The molecule has 0 aliphatic rings. The lowest BCUT2D eigenvalue weighted by atomic mass is 10.2. The van der Waals surface area contributed by atoms with E-state index < -0.39 is 0 Å². The number of rotatable bonds is 3. The molecule has 0 spiro atoms. The molecule has 0 amide bonds. The highest BCUT2D eigenvalue weighted by Gasteiger charge is 2.07. The van der Waals surface area contributed by atoms with Gasteiger partial charge in [0.2, 0.25) is 0 Å². The van der Waals surface area contributed by atoms with Crippen molar-refractivity contribution in [2.24, 2.45) is 0 Å². The topological polar surface area (TPSA) is 39.2 Å². The molecular weight excluding hydrogens is 185 g/mol. The third kappa shape index (κ3) is 2.80. The third-order valence-corrected chi connectivity index (χ3v) is 1.72. The molecule has 0 aliphatic carbocycles. The molecule has 0 aromatic carbocycles. The summed E-state index contributed by atoms with van der Waals surface area (Å²) in [6.45, 7) is 3.67. The number of carbonyl (C=O) groups excluding carboxylic acids is 1. The second kappa shape index (κ2) is 4.69. The van der Waals surface area contributed by atoms with Crippen LogP contribution in [0.15, 0.2) is 12.3 Å². The lowest BCUT2D eigenvalue weighted by Crippen LogP contribution is -2.09. The summed E-state index contributed by atoms with van der Waals surface area (Å²) < 4.78 is 17.7. The molecule has 76 valence electrons. The van der Waals surface area contributed by atoms with E-state index in [0.29, 0.717) is 17.9 Å². The average Bonchev–Trinajstić information content (AvgIpc) is 2.12. The van der Waals surface area contributed by atoms with Crippen LogP contribution in [0.25, 0.3) is 0 Å². The van der Waals surface area contributed by atoms with Crippen molar-refractivity contribution in [3.63, 3.8) is 0 Å². The highest BCUT2D eigenvalue weighted by atomic mass is 19.1. The molecule has 1 rings (SSSR count). The van der Waals surface area contributed by atoms with Gasteiger partial charge in [0.15, 0.2) is 0 Å². The van der Waals surface area contributed by atoms with E-state index in [-0.39, 0.29) is 18.2 Å². The Labute approximate surface area is 81.9 Å². The number of ether oxygens (including phenoxy) is 1. The number of hydrogen-bond donors (Lipinski definition) is 0. The number of carbonyl (C=O) groups is 1. The number of pyridine rings is 1. The lowest BCUT2D eigenvalue weighted by molar-refractivity contribution is -0.142. The van der Waals surface area contributed by atoms with E-state index in [2.05, 4.69) is 4.98 Å². The van der Waals surface area contributed by atoms with Gasteiger partial charge in [-0.05, 0) is 19.9 Å². The van der Waals surface area contributed by atoms with Crippen LogP contribution in [0.2, 0.25) is 0 Å². The summed E-state index contributed by atoms with van der Waals surface area (Å²) in [5.74, 6) is -0.734. The number of hydrogen-bond acceptors (Lipinski definition) is 3. The van der Waals surface area contributed by atoms with Crippen LogP contribution in [-0.4, -0.2) is 17.6 Å². The monoisotopic (exact) mass is 197 g/mol. The third-order valence-electron chi connectivity index (χ3n) is 1.72. The van der Waals surface area contributed by atoms with Crippen LogP contribution < -0.4 is 0 Å². The van der Waals surface area contributed by atoms with E-state index in [1.54, 1.807) is 13.8 Å². The molecule has 4 heteroatoms. The Bertz CT molecular complexity index is 339. The van der Waals surface area contributed by atoms with E-state index >= 15 is 0 Å². The predicted octanol–water partition coefficient (Wildman–Crippen LogP) is 1.63. The number of aromatic nitrogens is 1. The minimum absolute atomic E-state index is 0.0189.